The second-order valence-electron chi connectivity index (χ2n) is 6.30. The number of alkyl halides is 1. The number of halogens is 1. The summed E-state index contributed by atoms with van der Waals surface area (Å²) in [5, 5.41) is 0. The maximum Gasteiger partial charge on any atom is 0.338 e. The van der Waals surface area contributed by atoms with Gasteiger partial charge in [-0.1, -0.05) is 36.4 Å². The third-order valence-electron chi connectivity index (χ3n) is 4.21. The van der Waals surface area contributed by atoms with Gasteiger partial charge in [0.25, 0.3) is 0 Å². The van der Waals surface area contributed by atoms with Crippen LogP contribution in [0.4, 0.5) is 4.39 Å². The van der Waals surface area contributed by atoms with Gasteiger partial charge in [-0.05, 0) is 24.3 Å². The third-order valence-corrected chi connectivity index (χ3v) is 4.21. The Balaban J connectivity index is 1.78. The molecule has 0 aliphatic carbocycles. The highest BCUT2D eigenvalue weighted by atomic mass is 19.1. The molecule has 8 heteroatoms. The number of ether oxygens (including phenoxy) is 4. The van der Waals surface area contributed by atoms with Crippen LogP contribution in [0.2, 0.25) is 0 Å². The molecule has 0 N–H and O–H groups in total. The number of benzene rings is 2. The lowest BCUT2D eigenvalue weighted by Gasteiger charge is -2.23. The van der Waals surface area contributed by atoms with E-state index in [1.54, 1.807) is 36.4 Å². The van der Waals surface area contributed by atoms with Gasteiger partial charge in [-0.2, -0.15) is 0 Å². The summed E-state index contributed by atoms with van der Waals surface area (Å²) >= 11 is 0. The molecular weight excluding hydrogens is 383 g/mol. The van der Waals surface area contributed by atoms with Crippen molar-refractivity contribution in [3.8, 4) is 0 Å². The molecule has 2 aromatic carbocycles. The quantitative estimate of drug-likeness (QED) is 0.542. The van der Waals surface area contributed by atoms with Gasteiger partial charge in [0.1, 0.15) is 12.7 Å². The maximum absolute atomic E-state index is 14.5. The fourth-order valence-corrected chi connectivity index (χ4v) is 2.81. The molecular formula is C21H19FO7. The SMILES string of the molecule is CC(=O)OC[C@H]1O[C@H](F)[C@H](OC(=O)c2ccccc2)[C@@H]1OC(=O)c1ccccc1. The minimum atomic E-state index is -2.06. The molecule has 1 aliphatic heterocycles. The van der Waals surface area contributed by atoms with E-state index < -0.39 is 42.6 Å². The first-order chi connectivity index (χ1) is 14.0. The molecule has 0 aromatic heterocycles. The summed E-state index contributed by atoms with van der Waals surface area (Å²) in [7, 11) is 0. The Hall–Kier alpha value is -3.26. The number of carbonyl (C=O) groups excluding carboxylic acids is 3. The molecule has 0 saturated carbocycles. The van der Waals surface area contributed by atoms with Crippen LogP contribution in [0.5, 0.6) is 0 Å². The minimum absolute atomic E-state index is 0.205. The fraction of sp³-hybridized carbons (Fsp3) is 0.286. The Morgan fingerprint density at radius 2 is 1.34 bits per heavy atom. The van der Waals surface area contributed by atoms with Crippen LogP contribution in [0.25, 0.3) is 0 Å². The van der Waals surface area contributed by atoms with Crippen LogP contribution in [0.3, 0.4) is 0 Å². The Morgan fingerprint density at radius 3 is 1.83 bits per heavy atom. The van der Waals surface area contributed by atoms with Crippen LogP contribution < -0.4 is 0 Å². The van der Waals surface area contributed by atoms with Crippen molar-refractivity contribution >= 4 is 17.9 Å². The van der Waals surface area contributed by atoms with Crippen molar-refractivity contribution in [2.45, 2.75) is 31.6 Å². The van der Waals surface area contributed by atoms with Gasteiger partial charge >= 0.3 is 17.9 Å². The third kappa shape index (κ3) is 5.17. The highest BCUT2D eigenvalue weighted by Crippen LogP contribution is 2.29. The Morgan fingerprint density at radius 1 is 0.862 bits per heavy atom. The summed E-state index contributed by atoms with van der Waals surface area (Å²) in [4.78, 5) is 35.9. The van der Waals surface area contributed by atoms with Crippen LogP contribution in [-0.2, 0) is 23.7 Å². The lowest BCUT2D eigenvalue weighted by molar-refractivity contribution is -0.148. The molecule has 4 atom stereocenters. The van der Waals surface area contributed by atoms with Crippen LogP contribution in [0.15, 0.2) is 60.7 Å². The molecule has 7 nitrogen and oxygen atoms in total. The van der Waals surface area contributed by atoms with Crippen molar-refractivity contribution in [2.24, 2.45) is 0 Å². The van der Waals surface area contributed by atoms with Crippen molar-refractivity contribution in [1.82, 2.24) is 0 Å². The summed E-state index contributed by atoms with van der Waals surface area (Å²) in [6.45, 7) is 0.821. The number of esters is 3. The van der Waals surface area contributed by atoms with E-state index >= 15 is 0 Å². The van der Waals surface area contributed by atoms with Gasteiger partial charge in [0, 0.05) is 6.92 Å². The standard InChI is InChI=1S/C21H19FO7/c1-13(23)26-12-16-17(28-20(24)14-8-4-2-5-9-14)18(19(22)27-16)29-21(25)15-10-6-3-7-11-15/h2-11,16-19H,12H2,1H3/t16-,17-,18-,19+/m1/s1. The van der Waals surface area contributed by atoms with Gasteiger partial charge in [0.15, 0.2) is 12.2 Å². The topological polar surface area (TPSA) is 88.1 Å². The van der Waals surface area contributed by atoms with Crippen LogP contribution in [-0.4, -0.2) is 49.2 Å². The average molecular weight is 402 g/mol. The molecule has 1 aliphatic rings. The summed E-state index contributed by atoms with van der Waals surface area (Å²) in [6.07, 6.45) is -6.01. The molecule has 3 rings (SSSR count). The normalized spacial score (nSPS) is 23.2. The van der Waals surface area contributed by atoms with Crippen molar-refractivity contribution in [2.75, 3.05) is 6.61 Å². The second-order valence-corrected chi connectivity index (χ2v) is 6.30. The molecule has 1 fully saturated rings. The van der Waals surface area contributed by atoms with Crippen LogP contribution >= 0.6 is 0 Å². The number of carbonyl (C=O) groups is 3. The van der Waals surface area contributed by atoms with Crippen LogP contribution in [0, 0.1) is 0 Å². The van der Waals surface area contributed by atoms with E-state index in [1.807, 2.05) is 0 Å². The zero-order valence-corrected chi connectivity index (χ0v) is 15.5. The largest absolute Gasteiger partial charge is 0.463 e. The molecule has 29 heavy (non-hydrogen) atoms. The van der Waals surface area contributed by atoms with Crippen molar-refractivity contribution < 1.29 is 37.7 Å². The lowest BCUT2D eigenvalue weighted by atomic mass is 10.1. The predicted molar refractivity (Wildman–Crippen MR) is 97.7 cm³/mol. The van der Waals surface area contributed by atoms with Crippen molar-refractivity contribution in [3.63, 3.8) is 0 Å². The smallest absolute Gasteiger partial charge is 0.338 e. The van der Waals surface area contributed by atoms with Gasteiger partial charge in [-0.3, -0.25) is 4.79 Å². The average Bonchev–Trinajstić information content (AvgIpc) is 3.02. The summed E-state index contributed by atoms with van der Waals surface area (Å²) < 4.78 is 35.1. The first kappa shape index (κ1) is 20.5. The maximum atomic E-state index is 14.5. The molecule has 1 heterocycles. The summed E-state index contributed by atoms with van der Waals surface area (Å²) in [6, 6.07) is 16.0. The van der Waals surface area contributed by atoms with E-state index in [1.165, 1.54) is 31.2 Å². The molecule has 0 spiro atoms. The van der Waals surface area contributed by atoms with E-state index in [-0.39, 0.29) is 17.7 Å². The molecule has 0 radical (unpaired) electrons. The molecule has 0 unspecified atom stereocenters. The summed E-state index contributed by atoms with van der Waals surface area (Å²) in [5.74, 6) is -2.15. The van der Waals surface area contributed by atoms with E-state index in [4.69, 9.17) is 18.9 Å². The molecule has 0 amide bonds. The molecule has 2 aromatic rings. The highest BCUT2D eigenvalue weighted by Gasteiger charge is 2.50. The van der Waals surface area contributed by atoms with E-state index in [0.717, 1.165) is 0 Å². The Labute approximate surface area is 166 Å². The first-order valence-electron chi connectivity index (χ1n) is 8.90. The summed E-state index contributed by atoms with van der Waals surface area (Å²) in [5.41, 5.74) is 0.436. The fourth-order valence-electron chi connectivity index (χ4n) is 2.81. The van der Waals surface area contributed by atoms with Crippen molar-refractivity contribution in [3.05, 3.63) is 71.8 Å². The Bertz CT molecular complexity index is 856. The minimum Gasteiger partial charge on any atom is -0.463 e. The second kappa shape index (κ2) is 9.29. The van der Waals surface area contributed by atoms with Crippen LogP contribution in [0.1, 0.15) is 27.6 Å². The van der Waals surface area contributed by atoms with E-state index in [9.17, 15) is 18.8 Å². The van der Waals surface area contributed by atoms with Gasteiger partial charge in [-0.15, -0.1) is 0 Å². The highest BCUT2D eigenvalue weighted by molar-refractivity contribution is 5.90. The molecule has 0 bridgehead atoms. The van der Waals surface area contributed by atoms with Gasteiger partial charge in [0.2, 0.25) is 6.36 Å². The zero-order chi connectivity index (χ0) is 20.8. The number of rotatable bonds is 6. The van der Waals surface area contributed by atoms with Gasteiger partial charge < -0.3 is 18.9 Å². The Kier molecular flexibility index (Phi) is 6.56. The molecule has 152 valence electrons. The number of hydrogen-bond acceptors (Lipinski definition) is 7. The predicted octanol–water partition coefficient (Wildman–Crippen LogP) is 2.70. The van der Waals surface area contributed by atoms with Crippen molar-refractivity contribution in [1.29, 1.82) is 0 Å². The van der Waals surface area contributed by atoms with E-state index in [2.05, 4.69) is 0 Å². The van der Waals surface area contributed by atoms with Gasteiger partial charge in [0.05, 0.1) is 11.1 Å². The lowest BCUT2D eigenvalue weighted by Crippen LogP contribution is -2.41. The zero-order valence-electron chi connectivity index (χ0n) is 15.5. The number of hydrogen-bond donors (Lipinski definition) is 0. The van der Waals surface area contributed by atoms with E-state index in [0.29, 0.717) is 0 Å². The first-order valence-corrected chi connectivity index (χ1v) is 8.90. The van der Waals surface area contributed by atoms with Gasteiger partial charge in [-0.25, -0.2) is 14.0 Å². The molecule has 1 saturated heterocycles. The monoisotopic (exact) mass is 402 g/mol.